The van der Waals surface area contributed by atoms with Crippen molar-refractivity contribution < 1.29 is 17.6 Å². The van der Waals surface area contributed by atoms with Crippen LogP contribution in [0.3, 0.4) is 0 Å². The number of carbonyl (C=O) groups is 1. The molecule has 1 aromatic carbocycles. The summed E-state index contributed by atoms with van der Waals surface area (Å²) < 4.78 is 32.2. The van der Waals surface area contributed by atoms with E-state index >= 15 is 0 Å². The Labute approximate surface area is 154 Å². The van der Waals surface area contributed by atoms with Gasteiger partial charge in [0.05, 0.1) is 10.5 Å². The molecule has 3 rings (SSSR count). The van der Waals surface area contributed by atoms with Crippen LogP contribution in [0.15, 0.2) is 39.6 Å². The molecule has 26 heavy (non-hydrogen) atoms. The molecule has 7 heteroatoms. The molecule has 1 aliphatic heterocycles. The number of sulfonamides is 1. The third kappa shape index (κ3) is 3.99. The molecule has 0 radical (unpaired) electrons. The van der Waals surface area contributed by atoms with E-state index in [-0.39, 0.29) is 5.91 Å². The van der Waals surface area contributed by atoms with Crippen LogP contribution in [0.25, 0.3) is 0 Å². The molecule has 0 unspecified atom stereocenters. The fourth-order valence-electron chi connectivity index (χ4n) is 3.17. The van der Waals surface area contributed by atoms with Crippen molar-refractivity contribution in [3.63, 3.8) is 0 Å². The van der Waals surface area contributed by atoms with E-state index in [0.29, 0.717) is 41.6 Å². The Morgan fingerprint density at radius 1 is 1.12 bits per heavy atom. The van der Waals surface area contributed by atoms with Crippen molar-refractivity contribution in [1.29, 1.82) is 0 Å². The molecule has 6 nitrogen and oxygen atoms in total. The summed E-state index contributed by atoms with van der Waals surface area (Å²) in [5.74, 6) is 1.08. The number of aryl methyl sites for hydroxylation is 2. The van der Waals surface area contributed by atoms with Gasteiger partial charge in [-0.25, -0.2) is 8.42 Å². The SMILES string of the molecule is Cc1cc(C(=O)NCc2ccc(S(=O)(=O)N3CCCCC3)cc2)c(C)o1. The number of amides is 1. The van der Waals surface area contributed by atoms with Crippen LogP contribution >= 0.6 is 0 Å². The smallest absolute Gasteiger partial charge is 0.255 e. The Balaban J connectivity index is 1.64. The van der Waals surface area contributed by atoms with Gasteiger partial charge < -0.3 is 9.73 Å². The molecule has 1 fully saturated rings. The highest BCUT2D eigenvalue weighted by atomic mass is 32.2. The van der Waals surface area contributed by atoms with E-state index in [1.54, 1.807) is 48.5 Å². The summed E-state index contributed by atoms with van der Waals surface area (Å²) in [5, 5.41) is 2.83. The van der Waals surface area contributed by atoms with Gasteiger partial charge in [-0.1, -0.05) is 18.6 Å². The molecule has 2 heterocycles. The first-order valence-corrected chi connectivity index (χ1v) is 10.3. The average molecular weight is 376 g/mol. The summed E-state index contributed by atoms with van der Waals surface area (Å²) in [5.41, 5.74) is 1.36. The quantitative estimate of drug-likeness (QED) is 0.870. The van der Waals surface area contributed by atoms with Crippen LogP contribution in [-0.2, 0) is 16.6 Å². The minimum Gasteiger partial charge on any atom is -0.466 e. The van der Waals surface area contributed by atoms with E-state index in [4.69, 9.17) is 4.42 Å². The van der Waals surface area contributed by atoms with Crippen molar-refractivity contribution >= 4 is 15.9 Å². The van der Waals surface area contributed by atoms with Gasteiger partial charge in [-0.2, -0.15) is 4.31 Å². The van der Waals surface area contributed by atoms with Gasteiger partial charge in [-0.05, 0) is 50.5 Å². The molecule has 1 amide bonds. The van der Waals surface area contributed by atoms with Gasteiger partial charge in [0, 0.05) is 19.6 Å². The molecule has 0 atom stereocenters. The largest absolute Gasteiger partial charge is 0.466 e. The Hall–Kier alpha value is -2.12. The number of benzene rings is 1. The number of hydrogen-bond donors (Lipinski definition) is 1. The summed E-state index contributed by atoms with van der Waals surface area (Å²) in [6.45, 7) is 5.05. The molecule has 1 N–H and O–H groups in total. The number of rotatable bonds is 5. The van der Waals surface area contributed by atoms with E-state index in [1.807, 2.05) is 0 Å². The van der Waals surface area contributed by atoms with Crippen molar-refractivity contribution in [3.05, 3.63) is 53.0 Å². The van der Waals surface area contributed by atoms with Gasteiger partial charge in [0.1, 0.15) is 11.5 Å². The van der Waals surface area contributed by atoms with E-state index in [1.165, 1.54) is 0 Å². The van der Waals surface area contributed by atoms with E-state index in [2.05, 4.69) is 5.32 Å². The van der Waals surface area contributed by atoms with Crippen LogP contribution in [0.4, 0.5) is 0 Å². The van der Waals surface area contributed by atoms with Crippen molar-refractivity contribution in [2.45, 2.75) is 44.6 Å². The number of furan rings is 1. The van der Waals surface area contributed by atoms with Crippen molar-refractivity contribution in [2.24, 2.45) is 0 Å². The van der Waals surface area contributed by atoms with E-state index in [0.717, 1.165) is 24.8 Å². The highest BCUT2D eigenvalue weighted by molar-refractivity contribution is 7.89. The second-order valence-corrected chi connectivity index (χ2v) is 8.56. The second-order valence-electron chi connectivity index (χ2n) is 6.62. The fourth-order valence-corrected chi connectivity index (χ4v) is 4.68. The van der Waals surface area contributed by atoms with Crippen molar-refractivity contribution in [1.82, 2.24) is 9.62 Å². The molecule has 1 aromatic heterocycles. The van der Waals surface area contributed by atoms with Crippen LogP contribution in [0.2, 0.25) is 0 Å². The number of nitrogens with one attached hydrogen (secondary N) is 1. The molecular weight excluding hydrogens is 352 g/mol. The second kappa shape index (κ2) is 7.63. The van der Waals surface area contributed by atoms with Crippen LogP contribution in [0, 0.1) is 13.8 Å². The summed E-state index contributed by atoms with van der Waals surface area (Å²) in [4.78, 5) is 12.5. The number of piperidine rings is 1. The van der Waals surface area contributed by atoms with E-state index in [9.17, 15) is 13.2 Å². The van der Waals surface area contributed by atoms with Crippen LogP contribution in [0.5, 0.6) is 0 Å². The first-order valence-electron chi connectivity index (χ1n) is 8.82. The summed E-state index contributed by atoms with van der Waals surface area (Å²) >= 11 is 0. The molecule has 0 bridgehead atoms. The zero-order valence-corrected chi connectivity index (χ0v) is 15.9. The third-order valence-corrected chi connectivity index (χ3v) is 6.53. The van der Waals surface area contributed by atoms with E-state index < -0.39 is 10.0 Å². The average Bonchev–Trinajstić information content (AvgIpc) is 2.99. The summed E-state index contributed by atoms with van der Waals surface area (Å²) in [7, 11) is -3.42. The standard InChI is InChI=1S/C19H24N2O4S/c1-14-12-18(15(2)25-14)19(22)20-13-16-6-8-17(9-7-16)26(23,24)21-10-4-3-5-11-21/h6-9,12H,3-5,10-11,13H2,1-2H3,(H,20,22). The maximum Gasteiger partial charge on any atom is 0.255 e. The highest BCUT2D eigenvalue weighted by Gasteiger charge is 2.25. The maximum absolute atomic E-state index is 12.6. The molecule has 0 spiro atoms. The topological polar surface area (TPSA) is 79.6 Å². The molecule has 0 saturated carbocycles. The number of nitrogens with zero attached hydrogens (tertiary/aromatic N) is 1. The highest BCUT2D eigenvalue weighted by Crippen LogP contribution is 2.21. The van der Waals surface area contributed by atoms with Crippen molar-refractivity contribution in [3.8, 4) is 0 Å². The van der Waals surface area contributed by atoms with Crippen molar-refractivity contribution in [2.75, 3.05) is 13.1 Å². The molecular formula is C19H24N2O4S. The lowest BCUT2D eigenvalue weighted by atomic mass is 10.2. The van der Waals surface area contributed by atoms with Gasteiger partial charge in [0.25, 0.3) is 5.91 Å². The van der Waals surface area contributed by atoms with Crippen LogP contribution in [-0.4, -0.2) is 31.7 Å². The van der Waals surface area contributed by atoms with Crippen LogP contribution < -0.4 is 5.32 Å². The summed E-state index contributed by atoms with van der Waals surface area (Å²) in [6.07, 6.45) is 2.91. The number of carbonyl (C=O) groups excluding carboxylic acids is 1. The Morgan fingerprint density at radius 3 is 2.35 bits per heavy atom. The minimum atomic E-state index is -3.42. The monoisotopic (exact) mass is 376 g/mol. The van der Waals surface area contributed by atoms with Gasteiger partial charge in [-0.3, -0.25) is 4.79 Å². The Kier molecular flexibility index (Phi) is 5.48. The lowest BCUT2D eigenvalue weighted by Crippen LogP contribution is -2.35. The molecule has 0 aliphatic carbocycles. The molecule has 2 aromatic rings. The predicted molar refractivity (Wildman–Crippen MR) is 98.4 cm³/mol. The number of hydrogen-bond acceptors (Lipinski definition) is 4. The zero-order valence-electron chi connectivity index (χ0n) is 15.1. The Bertz CT molecular complexity index is 879. The molecule has 1 saturated heterocycles. The first-order chi connectivity index (χ1) is 12.4. The Morgan fingerprint density at radius 2 is 1.77 bits per heavy atom. The normalized spacial score (nSPS) is 15.8. The lowest BCUT2D eigenvalue weighted by molar-refractivity contribution is 0.0949. The van der Waals surface area contributed by atoms with Crippen LogP contribution in [0.1, 0.15) is 46.7 Å². The molecule has 1 aliphatic rings. The third-order valence-electron chi connectivity index (χ3n) is 4.61. The zero-order chi connectivity index (χ0) is 18.7. The predicted octanol–water partition coefficient (Wildman–Crippen LogP) is 3.00. The lowest BCUT2D eigenvalue weighted by Gasteiger charge is -2.25. The van der Waals surface area contributed by atoms with Gasteiger partial charge >= 0.3 is 0 Å². The molecule has 140 valence electrons. The minimum absolute atomic E-state index is 0.204. The van der Waals surface area contributed by atoms with Gasteiger partial charge in [-0.15, -0.1) is 0 Å². The van der Waals surface area contributed by atoms with Gasteiger partial charge in [0.15, 0.2) is 0 Å². The first kappa shape index (κ1) is 18.7. The summed E-state index contributed by atoms with van der Waals surface area (Å²) in [6, 6.07) is 8.41. The van der Waals surface area contributed by atoms with Gasteiger partial charge in [0.2, 0.25) is 10.0 Å². The maximum atomic E-state index is 12.6. The fraction of sp³-hybridized carbons (Fsp3) is 0.421.